The molecular formula is C12H19NO3. The van der Waals surface area contributed by atoms with Crippen molar-refractivity contribution in [1.29, 1.82) is 0 Å². The number of rotatable bonds is 6. The van der Waals surface area contributed by atoms with Gasteiger partial charge in [-0.1, -0.05) is 25.4 Å². The largest absolute Gasteiger partial charge is 0.477 e. The minimum atomic E-state index is -1.17. The standard InChI is InChI=1S/C12H19NO3/c1-3-5-6-7-9-10(8-4-2)11(13-16)12(14)15/h10,16H,3-5,8-9H2,1-2H3,(H,14,15). The third-order valence-corrected chi connectivity index (χ3v) is 2.20. The first-order valence-electron chi connectivity index (χ1n) is 5.58. The van der Waals surface area contributed by atoms with Crippen molar-refractivity contribution < 1.29 is 15.1 Å². The Hall–Kier alpha value is -1.50. The van der Waals surface area contributed by atoms with Crippen LogP contribution in [0.5, 0.6) is 0 Å². The average Bonchev–Trinajstić information content (AvgIpc) is 2.24. The topological polar surface area (TPSA) is 69.9 Å². The van der Waals surface area contributed by atoms with Crippen LogP contribution in [0.3, 0.4) is 0 Å². The van der Waals surface area contributed by atoms with Crippen LogP contribution < -0.4 is 0 Å². The normalized spacial score (nSPS) is 12.8. The zero-order valence-electron chi connectivity index (χ0n) is 9.86. The maximum Gasteiger partial charge on any atom is 0.353 e. The zero-order valence-corrected chi connectivity index (χ0v) is 9.86. The molecule has 0 aromatic carbocycles. The Balaban J connectivity index is 4.49. The smallest absolute Gasteiger partial charge is 0.353 e. The van der Waals surface area contributed by atoms with Crippen molar-refractivity contribution in [3.8, 4) is 11.8 Å². The lowest BCUT2D eigenvalue weighted by Gasteiger charge is -2.10. The molecule has 0 aliphatic rings. The number of nitrogens with zero attached hydrogens (tertiary/aromatic N) is 1. The summed E-state index contributed by atoms with van der Waals surface area (Å²) in [7, 11) is 0. The Kier molecular flexibility index (Phi) is 7.96. The van der Waals surface area contributed by atoms with Crippen molar-refractivity contribution in [2.24, 2.45) is 11.1 Å². The number of aliphatic carboxylic acids is 1. The maximum atomic E-state index is 10.8. The quantitative estimate of drug-likeness (QED) is 0.316. The first-order chi connectivity index (χ1) is 7.67. The van der Waals surface area contributed by atoms with E-state index in [-0.39, 0.29) is 11.6 Å². The van der Waals surface area contributed by atoms with Crippen LogP contribution in [0.25, 0.3) is 0 Å². The summed E-state index contributed by atoms with van der Waals surface area (Å²) >= 11 is 0. The van der Waals surface area contributed by atoms with Gasteiger partial charge in [0, 0.05) is 18.8 Å². The molecule has 0 heterocycles. The first kappa shape index (κ1) is 14.5. The third kappa shape index (κ3) is 5.40. The molecule has 0 aromatic rings. The molecule has 0 spiro atoms. The van der Waals surface area contributed by atoms with Gasteiger partial charge in [-0.15, -0.1) is 11.8 Å². The second kappa shape index (κ2) is 8.78. The highest BCUT2D eigenvalue weighted by atomic mass is 16.4. The number of unbranched alkanes of at least 4 members (excludes halogenated alkanes) is 1. The summed E-state index contributed by atoms with van der Waals surface area (Å²) in [5, 5.41) is 20.3. The Labute approximate surface area is 96.4 Å². The molecule has 16 heavy (non-hydrogen) atoms. The highest BCUT2D eigenvalue weighted by molar-refractivity contribution is 6.36. The summed E-state index contributed by atoms with van der Waals surface area (Å²) in [5.41, 5.74) is -0.187. The molecule has 0 fully saturated rings. The molecular weight excluding hydrogens is 206 g/mol. The molecule has 90 valence electrons. The van der Waals surface area contributed by atoms with E-state index < -0.39 is 5.97 Å². The molecule has 0 aliphatic carbocycles. The van der Waals surface area contributed by atoms with Crippen LogP contribution in [-0.2, 0) is 4.79 Å². The summed E-state index contributed by atoms with van der Waals surface area (Å²) in [6.07, 6.45) is 3.77. The predicted molar refractivity (Wildman–Crippen MR) is 62.6 cm³/mol. The van der Waals surface area contributed by atoms with E-state index in [1.807, 2.05) is 13.8 Å². The van der Waals surface area contributed by atoms with Gasteiger partial charge < -0.3 is 10.3 Å². The number of carboxylic acid groups (broad SMARTS) is 1. The van der Waals surface area contributed by atoms with E-state index in [9.17, 15) is 4.79 Å². The lowest BCUT2D eigenvalue weighted by molar-refractivity contribution is -0.129. The fraction of sp³-hybridized carbons (Fsp3) is 0.667. The molecule has 0 rings (SSSR count). The molecule has 1 unspecified atom stereocenters. The molecule has 1 atom stereocenters. The molecule has 0 saturated heterocycles. The zero-order chi connectivity index (χ0) is 12.4. The van der Waals surface area contributed by atoms with E-state index >= 15 is 0 Å². The number of carbonyl (C=O) groups is 1. The minimum absolute atomic E-state index is 0.187. The van der Waals surface area contributed by atoms with E-state index in [4.69, 9.17) is 10.3 Å². The summed E-state index contributed by atoms with van der Waals surface area (Å²) in [4.78, 5) is 10.8. The summed E-state index contributed by atoms with van der Waals surface area (Å²) in [5.74, 6) is 4.45. The SMILES string of the molecule is CCCC#CCC(CCC)C(=NO)C(=O)O. The Morgan fingerprint density at radius 1 is 1.31 bits per heavy atom. The van der Waals surface area contributed by atoms with Gasteiger partial charge in [-0.2, -0.15) is 0 Å². The molecule has 0 aliphatic heterocycles. The number of oxime groups is 1. The van der Waals surface area contributed by atoms with Gasteiger partial charge in [-0.25, -0.2) is 4.79 Å². The fourth-order valence-corrected chi connectivity index (χ4v) is 1.39. The second-order valence-electron chi connectivity index (χ2n) is 3.58. The van der Waals surface area contributed by atoms with Crippen LogP contribution in [0, 0.1) is 17.8 Å². The van der Waals surface area contributed by atoms with Crippen molar-refractivity contribution >= 4 is 11.7 Å². The molecule has 2 N–H and O–H groups in total. The van der Waals surface area contributed by atoms with Crippen LogP contribution in [-0.4, -0.2) is 22.0 Å². The van der Waals surface area contributed by atoms with Crippen LogP contribution in [0.1, 0.15) is 46.0 Å². The highest BCUT2D eigenvalue weighted by Gasteiger charge is 2.21. The van der Waals surface area contributed by atoms with E-state index in [0.717, 1.165) is 19.3 Å². The minimum Gasteiger partial charge on any atom is -0.477 e. The first-order valence-corrected chi connectivity index (χ1v) is 5.58. The van der Waals surface area contributed by atoms with Gasteiger partial charge in [0.2, 0.25) is 0 Å². The summed E-state index contributed by atoms with van der Waals surface area (Å²) in [6, 6.07) is 0. The second-order valence-corrected chi connectivity index (χ2v) is 3.58. The van der Waals surface area contributed by atoms with Crippen LogP contribution in [0.2, 0.25) is 0 Å². The average molecular weight is 225 g/mol. The van der Waals surface area contributed by atoms with Crippen molar-refractivity contribution in [2.75, 3.05) is 0 Å². The Morgan fingerprint density at radius 2 is 2.00 bits per heavy atom. The van der Waals surface area contributed by atoms with Crippen LogP contribution >= 0.6 is 0 Å². The molecule has 4 nitrogen and oxygen atoms in total. The lowest BCUT2D eigenvalue weighted by atomic mass is 9.94. The van der Waals surface area contributed by atoms with E-state index in [2.05, 4.69) is 17.0 Å². The van der Waals surface area contributed by atoms with E-state index in [0.29, 0.717) is 12.8 Å². The number of carboxylic acids is 1. The third-order valence-electron chi connectivity index (χ3n) is 2.20. The molecule has 4 heteroatoms. The monoisotopic (exact) mass is 225 g/mol. The van der Waals surface area contributed by atoms with Crippen LogP contribution in [0.15, 0.2) is 5.16 Å². The van der Waals surface area contributed by atoms with E-state index in [1.54, 1.807) is 0 Å². The van der Waals surface area contributed by atoms with Gasteiger partial charge in [-0.3, -0.25) is 0 Å². The lowest BCUT2D eigenvalue weighted by Crippen LogP contribution is -2.23. The van der Waals surface area contributed by atoms with Crippen molar-refractivity contribution in [3.05, 3.63) is 0 Å². The highest BCUT2D eigenvalue weighted by Crippen LogP contribution is 2.13. The van der Waals surface area contributed by atoms with Gasteiger partial charge in [-0.05, 0) is 12.8 Å². The number of hydrogen-bond acceptors (Lipinski definition) is 3. The van der Waals surface area contributed by atoms with Crippen molar-refractivity contribution in [2.45, 2.75) is 46.0 Å². The van der Waals surface area contributed by atoms with Gasteiger partial charge in [0.15, 0.2) is 5.71 Å². The summed E-state index contributed by atoms with van der Waals surface area (Å²) in [6.45, 7) is 4.00. The van der Waals surface area contributed by atoms with Gasteiger partial charge in [0.25, 0.3) is 0 Å². The molecule has 0 bridgehead atoms. The predicted octanol–water partition coefficient (Wildman–Crippen LogP) is 2.51. The molecule has 0 amide bonds. The van der Waals surface area contributed by atoms with Gasteiger partial charge in [0.1, 0.15) is 0 Å². The van der Waals surface area contributed by atoms with Crippen molar-refractivity contribution in [1.82, 2.24) is 0 Å². The summed E-state index contributed by atoms with van der Waals surface area (Å²) < 4.78 is 0. The molecule has 0 aromatic heterocycles. The maximum absolute atomic E-state index is 10.8. The van der Waals surface area contributed by atoms with Crippen molar-refractivity contribution in [3.63, 3.8) is 0 Å². The number of hydrogen-bond donors (Lipinski definition) is 2. The van der Waals surface area contributed by atoms with Gasteiger partial charge >= 0.3 is 5.97 Å². The molecule has 0 saturated carbocycles. The fourth-order valence-electron chi connectivity index (χ4n) is 1.39. The Morgan fingerprint density at radius 3 is 2.44 bits per heavy atom. The Bertz CT molecular complexity index is 299. The van der Waals surface area contributed by atoms with E-state index in [1.165, 1.54) is 0 Å². The van der Waals surface area contributed by atoms with Gasteiger partial charge in [0.05, 0.1) is 0 Å². The van der Waals surface area contributed by atoms with Crippen LogP contribution in [0.4, 0.5) is 0 Å². The molecule has 0 radical (unpaired) electrons.